The van der Waals surface area contributed by atoms with Crippen LogP contribution in [0.3, 0.4) is 0 Å². The summed E-state index contributed by atoms with van der Waals surface area (Å²) in [7, 11) is 0. The van der Waals surface area contributed by atoms with Crippen LogP contribution >= 0.6 is 95.0 Å². The molecule has 0 fully saturated rings. The van der Waals surface area contributed by atoms with Gasteiger partial charge in [0.2, 0.25) is 0 Å². The minimum atomic E-state index is -0.179. The summed E-state index contributed by atoms with van der Waals surface area (Å²) in [5.41, 5.74) is 13.4. The summed E-state index contributed by atoms with van der Waals surface area (Å²) in [4.78, 5) is 42.6. The Balaban J connectivity index is 0.00000506. The molecular formula is C26H40Cl4N10O2S4. The first-order valence-electron chi connectivity index (χ1n) is 13.8. The van der Waals surface area contributed by atoms with Crippen LogP contribution in [0.1, 0.15) is 43.8 Å². The molecule has 0 radical (unpaired) electrons. The van der Waals surface area contributed by atoms with Gasteiger partial charge in [0.15, 0.2) is 0 Å². The lowest BCUT2D eigenvalue weighted by Crippen LogP contribution is -2.29. The number of nitrogens with one attached hydrogen (secondary N) is 4. The second-order valence-corrected chi connectivity index (χ2v) is 12.7. The topological polar surface area (TPSA) is 186 Å². The molecule has 12 nitrogen and oxygen atoms in total. The van der Waals surface area contributed by atoms with Crippen molar-refractivity contribution in [2.75, 3.05) is 52.4 Å². The van der Waals surface area contributed by atoms with E-state index < -0.39 is 0 Å². The number of hydrogen-bond acceptors (Lipinski definition) is 14. The molecule has 4 heterocycles. The summed E-state index contributed by atoms with van der Waals surface area (Å²) in [6.45, 7) is 5.55. The van der Waals surface area contributed by atoms with Crippen molar-refractivity contribution in [2.45, 2.75) is 25.7 Å². The molecule has 8 N–H and O–H groups in total. The fourth-order valence-corrected chi connectivity index (χ4v) is 6.88. The van der Waals surface area contributed by atoms with Crippen LogP contribution in [0.15, 0.2) is 21.5 Å². The highest BCUT2D eigenvalue weighted by atomic mass is 35.5. The van der Waals surface area contributed by atoms with Crippen molar-refractivity contribution >= 4 is 107 Å². The zero-order valence-corrected chi connectivity index (χ0v) is 31.4. The number of carbonyl (C=O) groups excluding carboxylic acids is 2. The van der Waals surface area contributed by atoms with E-state index in [9.17, 15) is 9.59 Å². The summed E-state index contributed by atoms with van der Waals surface area (Å²) >= 11 is 6.07. The van der Waals surface area contributed by atoms with Gasteiger partial charge in [0.1, 0.15) is 32.8 Å². The van der Waals surface area contributed by atoms with Crippen molar-refractivity contribution in [2.24, 2.45) is 11.5 Å². The van der Waals surface area contributed by atoms with E-state index in [-0.39, 0.29) is 61.4 Å². The zero-order valence-electron chi connectivity index (χ0n) is 24.8. The Kier molecular flexibility index (Phi) is 23.8. The number of halogens is 4. The van der Waals surface area contributed by atoms with Crippen LogP contribution in [-0.4, -0.2) is 84.1 Å². The highest BCUT2D eigenvalue weighted by Gasteiger charge is 2.15. The Hall–Kier alpha value is -1.54. The number of thiazole rings is 4. The molecule has 0 aliphatic rings. The van der Waals surface area contributed by atoms with Crippen LogP contribution in [0, 0.1) is 0 Å². The molecule has 4 rings (SSSR count). The molecule has 20 heteroatoms. The molecule has 0 bridgehead atoms. The molecule has 4 aromatic heterocycles. The van der Waals surface area contributed by atoms with E-state index in [1.807, 2.05) is 10.8 Å². The van der Waals surface area contributed by atoms with Crippen LogP contribution in [0.5, 0.6) is 0 Å². The van der Waals surface area contributed by atoms with Crippen LogP contribution in [0.4, 0.5) is 0 Å². The molecule has 0 aromatic carbocycles. The maximum atomic E-state index is 12.2. The number of amides is 2. The van der Waals surface area contributed by atoms with Gasteiger partial charge in [-0.15, -0.1) is 95.0 Å². The Morgan fingerprint density at radius 3 is 1.37 bits per heavy atom. The number of hydrogen-bond donors (Lipinski definition) is 6. The quantitative estimate of drug-likeness (QED) is 0.0766. The maximum Gasteiger partial charge on any atom is 0.270 e. The van der Waals surface area contributed by atoms with Crippen LogP contribution < -0.4 is 32.7 Å². The molecule has 0 atom stereocenters. The zero-order chi connectivity index (χ0) is 29.6. The highest BCUT2D eigenvalue weighted by Crippen LogP contribution is 2.26. The molecule has 0 aliphatic carbocycles. The van der Waals surface area contributed by atoms with Crippen molar-refractivity contribution in [3.63, 3.8) is 0 Å². The maximum absolute atomic E-state index is 12.2. The molecule has 0 saturated carbocycles. The summed E-state index contributed by atoms with van der Waals surface area (Å²) in [5.74, 6) is -0.358. The summed E-state index contributed by atoms with van der Waals surface area (Å²) in [5, 5.41) is 23.6. The standard InChI is InChI=1S/C26H36N10O2S4.4ClH/c27-5-1-7-31-23(37)17-13-41-25(35-17)19-15-39-21(33-19)3-9-29-11-12-30-10-4-22-34-20(16-40-22)26-36-18(14-42-26)24(38)32-8-2-6-28;;;;/h13-16,29-30H,1-12,27-28H2,(H,31,37)(H,32,38);4*1H. The van der Waals surface area contributed by atoms with Crippen molar-refractivity contribution in [3.8, 4) is 21.4 Å². The van der Waals surface area contributed by atoms with E-state index in [4.69, 9.17) is 11.5 Å². The molecule has 4 aromatic rings. The van der Waals surface area contributed by atoms with Gasteiger partial charge in [-0.1, -0.05) is 0 Å². The lowest BCUT2D eigenvalue weighted by atomic mass is 10.4. The van der Waals surface area contributed by atoms with Crippen molar-refractivity contribution in [1.29, 1.82) is 0 Å². The van der Waals surface area contributed by atoms with Gasteiger partial charge >= 0.3 is 0 Å². The molecule has 46 heavy (non-hydrogen) atoms. The van der Waals surface area contributed by atoms with Gasteiger partial charge in [-0.25, -0.2) is 19.9 Å². The fraction of sp³-hybridized carbons (Fsp3) is 0.462. The van der Waals surface area contributed by atoms with E-state index in [0.717, 1.165) is 83.3 Å². The minimum absolute atomic E-state index is 0. The second-order valence-electron chi connectivity index (χ2n) is 9.13. The van der Waals surface area contributed by atoms with Crippen molar-refractivity contribution in [3.05, 3.63) is 42.9 Å². The molecule has 0 spiro atoms. The normalized spacial score (nSPS) is 10.2. The molecular weight excluding hydrogens is 754 g/mol. The lowest BCUT2D eigenvalue weighted by Gasteiger charge is -2.05. The Labute approximate surface area is 309 Å². The number of carbonyl (C=O) groups is 2. The van der Waals surface area contributed by atoms with Crippen molar-refractivity contribution < 1.29 is 9.59 Å². The van der Waals surface area contributed by atoms with E-state index in [2.05, 4.69) is 41.2 Å². The molecule has 2 amide bonds. The number of nitrogens with zero attached hydrogens (tertiary/aromatic N) is 4. The van der Waals surface area contributed by atoms with Gasteiger partial charge in [-0.2, -0.15) is 0 Å². The SMILES string of the molecule is Cl.Cl.Cl.Cl.NCCCNC(=O)c1csc(-c2csc(CCNCCNCCc3nc(-c4nc(C(=O)NCCCN)cs4)cs3)n2)n1. The molecule has 0 saturated heterocycles. The first kappa shape index (κ1) is 44.5. The average molecular weight is 795 g/mol. The fourth-order valence-electron chi connectivity index (χ4n) is 3.65. The highest BCUT2D eigenvalue weighted by molar-refractivity contribution is 7.14. The summed E-state index contributed by atoms with van der Waals surface area (Å²) in [6, 6.07) is 0. The molecule has 0 aliphatic heterocycles. The number of nitrogens with two attached hydrogens (primary N) is 2. The van der Waals surface area contributed by atoms with Crippen molar-refractivity contribution in [1.82, 2.24) is 41.2 Å². The monoisotopic (exact) mass is 792 g/mol. The van der Waals surface area contributed by atoms with Gasteiger partial charge in [-0.3, -0.25) is 9.59 Å². The first-order chi connectivity index (χ1) is 20.6. The van der Waals surface area contributed by atoms with Crippen LogP contribution in [-0.2, 0) is 12.8 Å². The Morgan fingerprint density at radius 2 is 0.978 bits per heavy atom. The minimum Gasteiger partial charge on any atom is -0.351 e. The van der Waals surface area contributed by atoms with Gasteiger partial charge in [-0.05, 0) is 25.9 Å². The van der Waals surface area contributed by atoms with E-state index in [1.54, 1.807) is 33.4 Å². The first-order valence-corrected chi connectivity index (χ1v) is 17.3. The van der Waals surface area contributed by atoms with Gasteiger partial charge < -0.3 is 32.7 Å². The van der Waals surface area contributed by atoms with E-state index >= 15 is 0 Å². The second kappa shape index (κ2) is 24.6. The largest absolute Gasteiger partial charge is 0.351 e. The van der Waals surface area contributed by atoms with E-state index in [1.165, 1.54) is 22.7 Å². The Morgan fingerprint density at radius 1 is 0.565 bits per heavy atom. The molecule has 258 valence electrons. The van der Waals surface area contributed by atoms with Crippen LogP contribution in [0.2, 0.25) is 0 Å². The van der Waals surface area contributed by atoms with Gasteiger partial charge in [0, 0.05) is 73.6 Å². The smallest absolute Gasteiger partial charge is 0.270 e. The van der Waals surface area contributed by atoms with E-state index in [0.29, 0.717) is 37.6 Å². The lowest BCUT2D eigenvalue weighted by molar-refractivity contribution is 0.0941. The number of rotatable bonds is 19. The number of aromatic nitrogens is 4. The predicted molar refractivity (Wildman–Crippen MR) is 201 cm³/mol. The third-order valence-corrected chi connectivity index (χ3v) is 9.40. The third kappa shape index (κ3) is 14.3. The third-order valence-electron chi connectivity index (χ3n) is 5.86. The van der Waals surface area contributed by atoms with Gasteiger partial charge in [0.25, 0.3) is 11.8 Å². The summed E-state index contributed by atoms with van der Waals surface area (Å²) < 4.78 is 0. The van der Waals surface area contributed by atoms with Crippen LogP contribution in [0.25, 0.3) is 21.4 Å². The summed E-state index contributed by atoms with van der Waals surface area (Å²) in [6.07, 6.45) is 3.15. The molecule has 0 unspecified atom stereocenters. The Bertz CT molecular complexity index is 1310. The average Bonchev–Trinajstić information content (AvgIpc) is 3.81. The predicted octanol–water partition coefficient (Wildman–Crippen LogP) is 3.66. The van der Waals surface area contributed by atoms with Gasteiger partial charge in [0.05, 0.1) is 10.0 Å².